The van der Waals surface area contributed by atoms with Crippen LogP contribution in [-0.4, -0.2) is 25.5 Å². The SMILES string of the molecule is CC[C@H](C(=O)Nc1ccccc1F)n1nc(C)c2c(C)n(-c3ccccc3)nc2c1=O. The fourth-order valence-electron chi connectivity index (χ4n) is 3.73. The Morgan fingerprint density at radius 1 is 1.06 bits per heavy atom. The Bertz CT molecular complexity index is 1330. The number of hydrogen-bond acceptors (Lipinski definition) is 4. The number of amides is 1. The molecule has 0 aliphatic rings. The molecule has 8 heteroatoms. The van der Waals surface area contributed by atoms with Crippen molar-refractivity contribution in [3.05, 3.63) is 82.2 Å². The molecular weight excluding hydrogens is 397 g/mol. The summed E-state index contributed by atoms with van der Waals surface area (Å²) in [7, 11) is 0. The molecule has 158 valence electrons. The van der Waals surface area contributed by atoms with Gasteiger partial charge in [-0.25, -0.2) is 13.8 Å². The largest absolute Gasteiger partial charge is 0.322 e. The number of hydrogen-bond donors (Lipinski definition) is 1. The number of nitrogens with zero attached hydrogens (tertiary/aromatic N) is 4. The molecule has 0 fully saturated rings. The van der Waals surface area contributed by atoms with Gasteiger partial charge in [-0.3, -0.25) is 9.59 Å². The quantitative estimate of drug-likeness (QED) is 0.531. The number of carbonyl (C=O) groups is 1. The van der Waals surface area contributed by atoms with Crippen molar-refractivity contribution in [2.24, 2.45) is 0 Å². The van der Waals surface area contributed by atoms with E-state index in [4.69, 9.17) is 0 Å². The molecule has 31 heavy (non-hydrogen) atoms. The predicted octanol–water partition coefficient (Wildman–Crippen LogP) is 3.93. The third kappa shape index (κ3) is 3.61. The smallest absolute Gasteiger partial charge is 0.295 e. The van der Waals surface area contributed by atoms with Crippen molar-refractivity contribution in [3.8, 4) is 5.69 Å². The van der Waals surface area contributed by atoms with Gasteiger partial charge in [-0.15, -0.1) is 0 Å². The van der Waals surface area contributed by atoms with E-state index in [2.05, 4.69) is 15.5 Å². The van der Waals surface area contributed by atoms with Gasteiger partial charge in [-0.1, -0.05) is 37.3 Å². The van der Waals surface area contributed by atoms with Crippen molar-refractivity contribution < 1.29 is 9.18 Å². The highest BCUT2D eigenvalue weighted by Crippen LogP contribution is 2.23. The molecule has 2 aromatic heterocycles. The summed E-state index contributed by atoms with van der Waals surface area (Å²) in [5.74, 6) is -1.06. The first-order chi connectivity index (χ1) is 14.9. The third-order valence-electron chi connectivity index (χ3n) is 5.26. The topological polar surface area (TPSA) is 81.8 Å². The van der Waals surface area contributed by atoms with E-state index in [1.54, 1.807) is 24.6 Å². The number of aromatic nitrogens is 4. The van der Waals surface area contributed by atoms with Gasteiger partial charge in [-0.2, -0.15) is 10.2 Å². The van der Waals surface area contributed by atoms with Crippen LogP contribution in [0.5, 0.6) is 0 Å². The van der Waals surface area contributed by atoms with Crippen LogP contribution in [0, 0.1) is 19.7 Å². The van der Waals surface area contributed by atoms with Crippen molar-refractivity contribution in [2.75, 3.05) is 5.32 Å². The number of nitrogens with one attached hydrogen (secondary N) is 1. The van der Waals surface area contributed by atoms with E-state index in [-0.39, 0.29) is 11.2 Å². The van der Waals surface area contributed by atoms with Crippen LogP contribution in [0.3, 0.4) is 0 Å². The molecule has 2 heterocycles. The van der Waals surface area contributed by atoms with E-state index in [0.717, 1.165) is 16.1 Å². The maximum Gasteiger partial charge on any atom is 0.295 e. The van der Waals surface area contributed by atoms with Crippen molar-refractivity contribution in [3.63, 3.8) is 0 Å². The van der Waals surface area contributed by atoms with Gasteiger partial charge in [0.25, 0.3) is 5.56 Å². The fraction of sp³-hybridized carbons (Fsp3) is 0.217. The number of para-hydroxylation sites is 2. The molecule has 0 radical (unpaired) electrons. The maximum absolute atomic E-state index is 14.0. The summed E-state index contributed by atoms with van der Waals surface area (Å²) in [6, 6.07) is 14.5. The van der Waals surface area contributed by atoms with Gasteiger partial charge in [0.2, 0.25) is 5.91 Å². The first kappa shape index (κ1) is 20.5. The molecular formula is C23H22FN5O2. The summed E-state index contributed by atoms with van der Waals surface area (Å²) in [4.78, 5) is 26.2. The van der Waals surface area contributed by atoms with Crippen LogP contribution in [0.25, 0.3) is 16.6 Å². The summed E-state index contributed by atoms with van der Waals surface area (Å²) in [6.45, 7) is 5.43. The van der Waals surface area contributed by atoms with Gasteiger partial charge in [0.05, 0.1) is 28.1 Å². The summed E-state index contributed by atoms with van der Waals surface area (Å²) in [5.41, 5.74) is 2.04. The molecule has 7 nitrogen and oxygen atoms in total. The first-order valence-electron chi connectivity index (χ1n) is 10.0. The van der Waals surface area contributed by atoms with Crippen LogP contribution < -0.4 is 10.9 Å². The lowest BCUT2D eigenvalue weighted by molar-refractivity contribution is -0.119. The van der Waals surface area contributed by atoms with E-state index in [9.17, 15) is 14.0 Å². The van der Waals surface area contributed by atoms with E-state index in [1.165, 1.54) is 18.2 Å². The van der Waals surface area contributed by atoms with Gasteiger partial charge < -0.3 is 5.32 Å². The average Bonchev–Trinajstić information content (AvgIpc) is 3.12. The van der Waals surface area contributed by atoms with Crippen LogP contribution in [-0.2, 0) is 4.79 Å². The molecule has 0 saturated carbocycles. The highest BCUT2D eigenvalue weighted by atomic mass is 19.1. The predicted molar refractivity (Wildman–Crippen MR) is 117 cm³/mol. The molecule has 4 rings (SSSR count). The Morgan fingerprint density at radius 3 is 2.42 bits per heavy atom. The lowest BCUT2D eigenvalue weighted by Gasteiger charge is -2.17. The summed E-state index contributed by atoms with van der Waals surface area (Å²) in [6.07, 6.45) is 0.302. The lowest BCUT2D eigenvalue weighted by Crippen LogP contribution is -2.35. The summed E-state index contributed by atoms with van der Waals surface area (Å²) in [5, 5.41) is 12.2. The van der Waals surface area contributed by atoms with Crippen LogP contribution in [0.1, 0.15) is 30.8 Å². The molecule has 0 aliphatic heterocycles. The number of fused-ring (bicyclic) bond motifs is 1. The minimum atomic E-state index is -0.905. The zero-order chi connectivity index (χ0) is 22.1. The van der Waals surface area contributed by atoms with Crippen molar-refractivity contribution in [1.29, 1.82) is 0 Å². The van der Waals surface area contributed by atoms with Crippen LogP contribution in [0.15, 0.2) is 59.4 Å². The number of aryl methyl sites for hydroxylation is 2. The van der Waals surface area contributed by atoms with Crippen LogP contribution in [0.4, 0.5) is 10.1 Å². The number of anilines is 1. The molecule has 0 bridgehead atoms. The molecule has 1 atom stereocenters. The Kier molecular flexibility index (Phi) is 5.37. The van der Waals surface area contributed by atoms with E-state index in [1.807, 2.05) is 37.3 Å². The Morgan fingerprint density at radius 2 is 1.74 bits per heavy atom. The monoisotopic (exact) mass is 419 g/mol. The van der Waals surface area contributed by atoms with E-state index >= 15 is 0 Å². The second-order valence-corrected chi connectivity index (χ2v) is 7.28. The van der Waals surface area contributed by atoms with Crippen molar-refractivity contribution >= 4 is 22.5 Å². The van der Waals surface area contributed by atoms with Crippen LogP contribution in [0.2, 0.25) is 0 Å². The van der Waals surface area contributed by atoms with Gasteiger partial charge in [0, 0.05) is 0 Å². The minimum absolute atomic E-state index is 0.0565. The lowest BCUT2D eigenvalue weighted by atomic mass is 10.1. The van der Waals surface area contributed by atoms with Gasteiger partial charge in [0.15, 0.2) is 5.52 Å². The molecule has 0 saturated heterocycles. The summed E-state index contributed by atoms with van der Waals surface area (Å²) < 4.78 is 16.8. The number of benzene rings is 2. The zero-order valence-electron chi connectivity index (χ0n) is 17.5. The van der Waals surface area contributed by atoms with Crippen molar-refractivity contribution in [1.82, 2.24) is 19.6 Å². The van der Waals surface area contributed by atoms with E-state index < -0.39 is 23.3 Å². The third-order valence-corrected chi connectivity index (χ3v) is 5.26. The summed E-state index contributed by atoms with van der Waals surface area (Å²) >= 11 is 0. The minimum Gasteiger partial charge on any atom is -0.322 e. The van der Waals surface area contributed by atoms with Crippen LogP contribution >= 0.6 is 0 Å². The normalized spacial score (nSPS) is 12.1. The maximum atomic E-state index is 14.0. The molecule has 2 aromatic carbocycles. The van der Waals surface area contributed by atoms with Gasteiger partial charge in [0.1, 0.15) is 11.9 Å². The Hall–Kier alpha value is -3.81. The second kappa shape index (κ2) is 8.14. The molecule has 0 aliphatic carbocycles. The molecule has 0 spiro atoms. The Labute approximate surface area is 178 Å². The first-order valence-corrected chi connectivity index (χ1v) is 10.0. The van der Waals surface area contributed by atoms with Gasteiger partial charge >= 0.3 is 0 Å². The number of halogens is 1. The number of rotatable bonds is 5. The second-order valence-electron chi connectivity index (χ2n) is 7.28. The fourth-order valence-corrected chi connectivity index (χ4v) is 3.73. The standard InChI is InChI=1S/C23H22FN5O2/c1-4-19(22(30)25-18-13-9-8-12-17(18)24)29-23(31)21-20(14(2)26-29)15(3)28(27-21)16-10-6-5-7-11-16/h5-13,19H,4H2,1-3H3,(H,25,30)/t19-/m1/s1. The van der Waals surface area contributed by atoms with Crippen molar-refractivity contribution in [2.45, 2.75) is 33.2 Å². The Balaban J connectivity index is 1.80. The average molecular weight is 419 g/mol. The number of carbonyl (C=O) groups excluding carboxylic acids is 1. The zero-order valence-corrected chi connectivity index (χ0v) is 17.5. The van der Waals surface area contributed by atoms with E-state index in [0.29, 0.717) is 17.5 Å². The molecule has 0 unspecified atom stereocenters. The molecule has 4 aromatic rings. The molecule has 1 amide bonds. The highest BCUT2D eigenvalue weighted by Gasteiger charge is 2.25. The molecule has 1 N–H and O–H groups in total. The van der Waals surface area contributed by atoms with Gasteiger partial charge in [-0.05, 0) is 44.5 Å². The highest BCUT2D eigenvalue weighted by molar-refractivity contribution is 5.94.